The molecule has 1 aromatic rings. The van der Waals surface area contributed by atoms with Crippen LogP contribution in [0.4, 0.5) is 0 Å². The molecule has 0 unspecified atom stereocenters. The lowest BCUT2D eigenvalue weighted by Crippen LogP contribution is -2.61. The molecule has 1 heterocycles. The van der Waals surface area contributed by atoms with Gasteiger partial charge in [-0.2, -0.15) is 0 Å². The third kappa shape index (κ3) is 6.25. The number of carbonyl (C=O) groups excluding carboxylic acids is 2. The van der Waals surface area contributed by atoms with Gasteiger partial charge in [0.15, 0.2) is 0 Å². The minimum Gasteiger partial charge on any atom is -0.350 e. The zero-order valence-corrected chi connectivity index (χ0v) is 17.8. The minimum atomic E-state index is -0.439. The maximum atomic E-state index is 12.9. The van der Waals surface area contributed by atoms with Crippen LogP contribution in [0.2, 0.25) is 10.0 Å². The quantitative estimate of drug-likeness (QED) is 0.684. The lowest BCUT2D eigenvalue weighted by molar-refractivity contribution is -0.142. The highest BCUT2D eigenvalue weighted by molar-refractivity contribution is 6.35. The number of carbonyl (C=O) groups is 2. The highest BCUT2D eigenvalue weighted by Gasteiger charge is 2.36. The summed E-state index contributed by atoms with van der Waals surface area (Å²) in [6, 6.07) is 4.68. The topological polar surface area (TPSA) is 49.4 Å². The van der Waals surface area contributed by atoms with E-state index in [1.165, 1.54) is 6.08 Å². The predicted molar refractivity (Wildman–Crippen MR) is 112 cm³/mol. The first kappa shape index (κ1) is 21.8. The van der Waals surface area contributed by atoms with Crippen molar-refractivity contribution in [2.24, 2.45) is 11.8 Å². The van der Waals surface area contributed by atoms with Crippen molar-refractivity contribution in [1.29, 1.82) is 0 Å². The molecule has 1 aliphatic rings. The molecule has 6 heteroatoms. The number of rotatable bonds is 6. The summed E-state index contributed by atoms with van der Waals surface area (Å²) in [5.41, 5.74) is 0.718. The molecule has 4 nitrogen and oxygen atoms in total. The van der Waals surface area contributed by atoms with E-state index < -0.39 is 6.04 Å². The fourth-order valence-corrected chi connectivity index (χ4v) is 3.84. The summed E-state index contributed by atoms with van der Waals surface area (Å²) in [4.78, 5) is 27.2. The Morgan fingerprint density at radius 3 is 2.48 bits per heavy atom. The van der Waals surface area contributed by atoms with E-state index in [0.717, 1.165) is 12.0 Å². The molecule has 0 aliphatic carbocycles. The van der Waals surface area contributed by atoms with Crippen LogP contribution in [0.25, 0.3) is 6.08 Å². The summed E-state index contributed by atoms with van der Waals surface area (Å²) in [6.07, 6.45) is 4.66. The zero-order chi connectivity index (χ0) is 20.1. The van der Waals surface area contributed by atoms with Crippen molar-refractivity contribution in [2.75, 3.05) is 6.54 Å². The van der Waals surface area contributed by atoms with Gasteiger partial charge in [0.25, 0.3) is 0 Å². The Hall–Kier alpha value is -1.52. The first-order chi connectivity index (χ1) is 12.7. The molecule has 0 spiro atoms. The minimum absolute atomic E-state index is 0.0163. The maximum absolute atomic E-state index is 12.9. The standard InChI is InChI=1S/C21H28Cl2N2O2/c1-13(2)9-17-12-25(19(10-14(3)4)21(27)24-17)20(26)8-6-15-5-7-16(22)11-18(15)23/h5-8,11,13-14,17,19H,9-10,12H2,1-4H3,(H,24,27)/t17-,19-/m0/s1. The molecule has 1 aromatic carbocycles. The fourth-order valence-electron chi connectivity index (χ4n) is 3.37. The first-order valence-electron chi connectivity index (χ1n) is 9.41. The Bertz CT molecular complexity index is 716. The number of hydrogen-bond donors (Lipinski definition) is 1. The number of halogens is 2. The van der Waals surface area contributed by atoms with Crippen molar-refractivity contribution >= 4 is 41.1 Å². The van der Waals surface area contributed by atoms with Crippen molar-refractivity contribution in [1.82, 2.24) is 10.2 Å². The third-order valence-corrected chi connectivity index (χ3v) is 5.11. The maximum Gasteiger partial charge on any atom is 0.247 e. The molecule has 2 amide bonds. The molecular formula is C21H28Cl2N2O2. The number of nitrogens with zero attached hydrogens (tertiary/aromatic N) is 1. The number of benzene rings is 1. The summed E-state index contributed by atoms with van der Waals surface area (Å²) in [5.74, 6) is 0.520. The molecule has 1 aliphatic heterocycles. The summed E-state index contributed by atoms with van der Waals surface area (Å²) < 4.78 is 0. The summed E-state index contributed by atoms with van der Waals surface area (Å²) in [5, 5.41) is 4.12. The molecule has 1 N–H and O–H groups in total. The van der Waals surface area contributed by atoms with Crippen LogP contribution in [0.15, 0.2) is 24.3 Å². The second kappa shape index (κ2) is 9.61. The van der Waals surface area contributed by atoms with E-state index in [4.69, 9.17) is 23.2 Å². The monoisotopic (exact) mass is 410 g/mol. The van der Waals surface area contributed by atoms with Crippen LogP contribution in [0, 0.1) is 11.8 Å². The van der Waals surface area contributed by atoms with E-state index >= 15 is 0 Å². The number of hydrogen-bond acceptors (Lipinski definition) is 2. The lowest BCUT2D eigenvalue weighted by atomic mass is 9.95. The largest absolute Gasteiger partial charge is 0.350 e. The van der Waals surface area contributed by atoms with Crippen LogP contribution in [-0.2, 0) is 9.59 Å². The summed E-state index contributed by atoms with van der Waals surface area (Å²) in [7, 11) is 0. The first-order valence-corrected chi connectivity index (χ1v) is 10.2. The van der Waals surface area contributed by atoms with Gasteiger partial charge in [0.1, 0.15) is 6.04 Å². The van der Waals surface area contributed by atoms with Crippen molar-refractivity contribution in [3.05, 3.63) is 39.9 Å². The van der Waals surface area contributed by atoms with Gasteiger partial charge in [0, 0.05) is 28.7 Å². The van der Waals surface area contributed by atoms with E-state index in [2.05, 4.69) is 33.0 Å². The molecule has 2 rings (SSSR count). The molecule has 0 aromatic heterocycles. The highest BCUT2D eigenvalue weighted by Crippen LogP contribution is 2.23. The van der Waals surface area contributed by atoms with Gasteiger partial charge < -0.3 is 10.2 Å². The Labute approximate surface area is 171 Å². The number of nitrogens with one attached hydrogen (secondary N) is 1. The van der Waals surface area contributed by atoms with Gasteiger partial charge >= 0.3 is 0 Å². The zero-order valence-electron chi connectivity index (χ0n) is 16.3. The number of piperazine rings is 1. The fraction of sp³-hybridized carbons (Fsp3) is 0.524. The smallest absolute Gasteiger partial charge is 0.247 e. The third-order valence-electron chi connectivity index (χ3n) is 4.54. The summed E-state index contributed by atoms with van der Waals surface area (Å²) in [6.45, 7) is 8.86. The second-order valence-electron chi connectivity index (χ2n) is 7.97. The van der Waals surface area contributed by atoms with Gasteiger partial charge in [0.2, 0.25) is 11.8 Å². The molecule has 1 fully saturated rings. The van der Waals surface area contributed by atoms with Crippen molar-refractivity contribution in [2.45, 2.75) is 52.6 Å². The lowest BCUT2D eigenvalue weighted by Gasteiger charge is -2.40. The molecule has 27 heavy (non-hydrogen) atoms. The van der Waals surface area contributed by atoms with Gasteiger partial charge in [0.05, 0.1) is 0 Å². The second-order valence-corrected chi connectivity index (χ2v) is 8.81. The van der Waals surface area contributed by atoms with Crippen LogP contribution in [0.3, 0.4) is 0 Å². The summed E-state index contributed by atoms with van der Waals surface area (Å²) >= 11 is 12.1. The molecule has 1 saturated heterocycles. The van der Waals surface area contributed by atoms with Gasteiger partial charge in [-0.1, -0.05) is 57.0 Å². The molecule has 2 atom stereocenters. The van der Waals surface area contributed by atoms with Gasteiger partial charge in [-0.05, 0) is 48.4 Å². The molecule has 0 radical (unpaired) electrons. The van der Waals surface area contributed by atoms with Gasteiger partial charge in [-0.25, -0.2) is 0 Å². The SMILES string of the molecule is CC(C)C[C@H]1CN(C(=O)C=Cc2ccc(Cl)cc2Cl)[C@@H](CC(C)C)C(=O)N1. The van der Waals surface area contributed by atoms with Gasteiger partial charge in [-0.15, -0.1) is 0 Å². The molecular weight excluding hydrogens is 383 g/mol. The Morgan fingerprint density at radius 1 is 1.22 bits per heavy atom. The Balaban J connectivity index is 2.20. The normalized spacial score (nSPS) is 20.6. The van der Waals surface area contributed by atoms with E-state index in [-0.39, 0.29) is 17.9 Å². The van der Waals surface area contributed by atoms with E-state index in [1.54, 1.807) is 29.2 Å². The van der Waals surface area contributed by atoms with Crippen LogP contribution >= 0.6 is 23.2 Å². The molecule has 0 saturated carbocycles. The highest BCUT2D eigenvalue weighted by atomic mass is 35.5. The van der Waals surface area contributed by atoms with Crippen LogP contribution in [0.1, 0.15) is 46.1 Å². The van der Waals surface area contributed by atoms with Crippen LogP contribution < -0.4 is 5.32 Å². The van der Waals surface area contributed by atoms with Crippen molar-refractivity contribution < 1.29 is 9.59 Å². The Morgan fingerprint density at radius 2 is 1.89 bits per heavy atom. The average molecular weight is 411 g/mol. The Kier molecular flexibility index (Phi) is 7.75. The van der Waals surface area contributed by atoms with Gasteiger partial charge in [-0.3, -0.25) is 9.59 Å². The van der Waals surface area contributed by atoms with E-state index in [0.29, 0.717) is 34.8 Å². The van der Waals surface area contributed by atoms with E-state index in [1.807, 2.05) is 0 Å². The van der Waals surface area contributed by atoms with Crippen molar-refractivity contribution in [3.63, 3.8) is 0 Å². The predicted octanol–water partition coefficient (Wildman–Crippen LogP) is 4.79. The molecule has 0 bridgehead atoms. The number of amides is 2. The molecule has 148 valence electrons. The van der Waals surface area contributed by atoms with Crippen molar-refractivity contribution in [3.8, 4) is 0 Å². The average Bonchev–Trinajstić information content (AvgIpc) is 2.55. The van der Waals surface area contributed by atoms with E-state index in [9.17, 15) is 9.59 Å². The van der Waals surface area contributed by atoms with Crippen LogP contribution in [0.5, 0.6) is 0 Å². The van der Waals surface area contributed by atoms with Crippen LogP contribution in [-0.4, -0.2) is 35.3 Å².